The molecule has 1 aromatic carbocycles. The van der Waals surface area contributed by atoms with Crippen molar-refractivity contribution in [2.24, 2.45) is 0 Å². The van der Waals surface area contributed by atoms with Gasteiger partial charge in [0.2, 0.25) is 12.7 Å². The summed E-state index contributed by atoms with van der Waals surface area (Å²) in [6, 6.07) is 6.70. The van der Waals surface area contributed by atoms with E-state index in [1.54, 1.807) is 0 Å². The number of rotatable bonds is 3. The first kappa shape index (κ1) is 17.3. The summed E-state index contributed by atoms with van der Waals surface area (Å²) in [7, 11) is 0. The molecule has 2 aliphatic rings. The molecule has 1 aromatic heterocycles. The lowest BCUT2D eigenvalue weighted by atomic mass is 9.86. The van der Waals surface area contributed by atoms with Crippen LogP contribution in [0.5, 0.6) is 11.5 Å². The van der Waals surface area contributed by atoms with Crippen molar-refractivity contribution in [3.63, 3.8) is 0 Å². The minimum Gasteiger partial charge on any atom is -0.454 e. The van der Waals surface area contributed by atoms with Crippen LogP contribution < -0.4 is 20.6 Å². The van der Waals surface area contributed by atoms with E-state index < -0.39 is 17.2 Å². The summed E-state index contributed by atoms with van der Waals surface area (Å²) in [5, 5.41) is 14.9. The third-order valence-electron chi connectivity index (χ3n) is 5.00. The fourth-order valence-corrected chi connectivity index (χ4v) is 3.56. The molecule has 0 bridgehead atoms. The zero-order valence-electron chi connectivity index (χ0n) is 14.4. The van der Waals surface area contributed by atoms with Gasteiger partial charge in [-0.2, -0.15) is 0 Å². The van der Waals surface area contributed by atoms with Gasteiger partial charge < -0.3 is 19.5 Å². The fourth-order valence-electron chi connectivity index (χ4n) is 3.56. The van der Waals surface area contributed by atoms with Crippen LogP contribution in [0, 0.1) is 0 Å². The van der Waals surface area contributed by atoms with Crippen LogP contribution in [-0.2, 0) is 11.2 Å². The number of carbonyl (C=O) groups excluding carboxylic acids is 1. The number of aromatic nitrogens is 2. The number of amides is 1. The van der Waals surface area contributed by atoms with Crippen LogP contribution in [-0.4, -0.2) is 52.1 Å². The number of hydrogen-bond acceptors (Lipinski definition) is 6. The molecule has 142 valence electrons. The van der Waals surface area contributed by atoms with Gasteiger partial charge in [0, 0.05) is 30.6 Å². The molecule has 1 saturated heterocycles. The van der Waals surface area contributed by atoms with Gasteiger partial charge in [0.1, 0.15) is 0 Å². The molecule has 0 radical (unpaired) electrons. The summed E-state index contributed by atoms with van der Waals surface area (Å²) in [6.07, 6.45) is -0.334. The number of H-pyrrole nitrogens is 2. The third-order valence-corrected chi connectivity index (χ3v) is 5.00. The first-order valence-corrected chi connectivity index (χ1v) is 8.67. The van der Waals surface area contributed by atoms with E-state index in [2.05, 4.69) is 10.2 Å². The van der Waals surface area contributed by atoms with Crippen molar-refractivity contribution in [1.82, 2.24) is 15.1 Å². The van der Waals surface area contributed by atoms with Crippen molar-refractivity contribution < 1.29 is 19.4 Å². The number of nitrogens with zero attached hydrogens (tertiary/aromatic N) is 1. The van der Waals surface area contributed by atoms with Crippen molar-refractivity contribution in [3.05, 3.63) is 56.1 Å². The van der Waals surface area contributed by atoms with Gasteiger partial charge in [-0.05, 0) is 24.1 Å². The lowest BCUT2D eigenvalue weighted by Gasteiger charge is -2.36. The predicted molar refractivity (Wildman–Crippen MR) is 93.9 cm³/mol. The van der Waals surface area contributed by atoms with E-state index in [1.807, 2.05) is 18.2 Å². The van der Waals surface area contributed by atoms with Gasteiger partial charge in [0.25, 0.3) is 11.1 Å². The number of piperidine rings is 1. The molecule has 1 fully saturated rings. The molecule has 9 heteroatoms. The van der Waals surface area contributed by atoms with Crippen molar-refractivity contribution in [1.29, 1.82) is 0 Å². The monoisotopic (exact) mass is 373 g/mol. The number of aliphatic hydroxyl groups excluding tert-OH is 1. The molecule has 0 spiro atoms. The Hall–Kier alpha value is -3.07. The minimum atomic E-state index is -0.736. The smallest absolute Gasteiger partial charge is 0.266 e. The first-order chi connectivity index (χ1) is 13.0. The minimum absolute atomic E-state index is 0.108. The van der Waals surface area contributed by atoms with Gasteiger partial charge >= 0.3 is 0 Å². The summed E-state index contributed by atoms with van der Waals surface area (Å²) in [5.41, 5.74) is 0.0683. The number of nitrogens with one attached hydrogen (secondary N) is 2. The van der Waals surface area contributed by atoms with Crippen LogP contribution in [0.15, 0.2) is 33.9 Å². The fraction of sp³-hybridized carbons (Fsp3) is 0.389. The number of hydrogen-bond donors (Lipinski definition) is 3. The SMILES string of the molecule is O=C(Cc1cc(=O)[nH][nH]c1=O)N1CC[C@@H](c2ccc3c(c2)OCO3)[C@H](O)C1. The molecule has 3 N–H and O–H groups in total. The normalized spacial score (nSPS) is 21.3. The Bertz CT molecular complexity index is 982. The molecule has 4 rings (SSSR count). The quantitative estimate of drug-likeness (QED) is 0.679. The standard InChI is InChI=1S/C18H19N3O6/c22-13-8-21(17(24)7-11-6-16(23)19-20-18(11)25)4-3-12(13)10-1-2-14-15(5-10)27-9-26-14/h1-2,5-6,12-13,22H,3-4,7-9H2,(H,19,23)(H,20,25)/t12-,13+/m0/s1. The first-order valence-electron chi connectivity index (χ1n) is 8.67. The molecule has 0 unspecified atom stereocenters. The van der Waals surface area contributed by atoms with E-state index in [0.717, 1.165) is 11.6 Å². The summed E-state index contributed by atoms with van der Waals surface area (Å²) in [6.45, 7) is 0.810. The van der Waals surface area contributed by atoms with Crippen molar-refractivity contribution in [3.8, 4) is 11.5 Å². The summed E-state index contributed by atoms with van der Waals surface area (Å²) >= 11 is 0. The second kappa shape index (κ2) is 6.92. The van der Waals surface area contributed by atoms with Crippen molar-refractivity contribution >= 4 is 5.91 Å². The number of benzene rings is 1. The van der Waals surface area contributed by atoms with Crippen LogP contribution in [0.2, 0.25) is 0 Å². The molecule has 1 amide bonds. The van der Waals surface area contributed by atoms with E-state index in [9.17, 15) is 19.5 Å². The number of fused-ring (bicyclic) bond motifs is 1. The van der Waals surface area contributed by atoms with E-state index in [0.29, 0.717) is 24.5 Å². The Balaban J connectivity index is 1.44. The highest BCUT2D eigenvalue weighted by Gasteiger charge is 2.32. The number of ether oxygens (including phenoxy) is 2. The van der Waals surface area contributed by atoms with Crippen LogP contribution in [0.25, 0.3) is 0 Å². The molecule has 0 saturated carbocycles. The van der Waals surface area contributed by atoms with Crippen molar-refractivity contribution in [2.45, 2.75) is 24.9 Å². The highest BCUT2D eigenvalue weighted by Crippen LogP contribution is 2.37. The molecular weight excluding hydrogens is 354 g/mol. The second-order valence-electron chi connectivity index (χ2n) is 6.70. The molecule has 2 aliphatic heterocycles. The van der Waals surface area contributed by atoms with Gasteiger partial charge in [0.05, 0.1) is 12.5 Å². The van der Waals surface area contributed by atoms with Crippen LogP contribution in [0.1, 0.15) is 23.5 Å². The number of aliphatic hydroxyl groups is 1. The number of β-amino-alcohol motifs (C(OH)–C–C–N with tert-alkyl or cyclic N) is 1. The molecule has 3 heterocycles. The number of aromatic amines is 2. The number of carbonyl (C=O) groups is 1. The topological polar surface area (TPSA) is 125 Å². The average molecular weight is 373 g/mol. The highest BCUT2D eigenvalue weighted by molar-refractivity contribution is 5.78. The highest BCUT2D eigenvalue weighted by atomic mass is 16.7. The van der Waals surface area contributed by atoms with Gasteiger partial charge in [-0.15, -0.1) is 0 Å². The van der Waals surface area contributed by atoms with Crippen LogP contribution >= 0.6 is 0 Å². The zero-order chi connectivity index (χ0) is 19.0. The molecule has 2 aromatic rings. The van der Waals surface area contributed by atoms with Gasteiger partial charge in [-0.1, -0.05) is 6.07 Å². The molecule has 27 heavy (non-hydrogen) atoms. The third kappa shape index (κ3) is 3.45. The Morgan fingerprint density at radius 1 is 1.19 bits per heavy atom. The Kier molecular flexibility index (Phi) is 4.44. The Morgan fingerprint density at radius 2 is 2.00 bits per heavy atom. The summed E-state index contributed by atoms with van der Waals surface area (Å²) in [4.78, 5) is 37.0. The zero-order valence-corrected chi connectivity index (χ0v) is 14.4. The molecule has 2 atom stereocenters. The lowest BCUT2D eigenvalue weighted by molar-refractivity contribution is -0.134. The maximum absolute atomic E-state index is 12.5. The molecule has 9 nitrogen and oxygen atoms in total. The molecular formula is C18H19N3O6. The Morgan fingerprint density at radius 3 is 2.81 bits per heavy atom. The van der Waals surface area contributed by atoms with Crippen molar-refractivity contribution in [2.75, 3.05) is 19.9 Å². The van der Waals surface area contributed by atoms with Crippen LogP contribution in [0.3, 0.4) is 0 Å². The summed E-state index contributed by atoms with van der Waals surface area (Å²) < 4.78 is 10.7. The van der Waals surface area contributed by atoms with E-state index >= 15 is 0 Å². The maximum Gasteiger partial charge on any atom is 0.266 e. The van der Waals surface area contributed by atoms with E-state index in [-0.39, 0.29) is 37.1 Å². The number of likely N-dealkylation sites (tertiary alicyclic amines) is 1. The van der Waals surface area contributed by atoms with E-state index in [4.69, 9.17) is 9.47 Å². The van der Waals surface area contributed by atoms with E-state index in [1.165, 1.54) is 4.90 Å². The average Bonchev–Trinajstić information content (AvgIpc) is 3.12. The Labute approximate surface area is 153 Å². The summed E-state index contributed by atoms with van der Waals surface area (Å²) in [5.74, 6) is 0.927. The second-order valence-corrected chi connectivity index (χ2v) is 6.70. The largest absolute Gasteiger partial charge is 0.454 e. The van der Waals surface area contributed by atoms with Crippen LogP contribution in [0.4, 0.5) is 0 Å². The van der Waals surface area contributed by atoms with Gasteiger partial charge in [0.15, 0.2) is 11.5 Å². The lowest BCUT2D eigenvalue weighted by Crippen LogP contribution is -2.46. The predicted octanol–water partition coefficient (Wildman–Crippen LogP) is -0.289. The van der Waals surface area contributed by atoms with Gasteiger partial charge in [-0.25, -0.2) is 0 Å². The molecule has 0 aliphatic carbocycles. The van der Waals surface area contributed by atoms with Gasteiger partial charge in [-0.3, -0.25) is 24.6 Å². The maximum atomic E-state index is 12.5.